The first-order chi connectivity index (χ1) is 14.7. The minimum absolute atomic E-state index is 0.0280. The fourth-order valence-electron chi connectivity index (χ4n) is 3.82. The van der Waals surface area contributed by atoms with Crippen molar-refractivity contribution in [1.29, 1.82) is 0 Å². The van der Waals surface area contributed by atoms with Crippen LogP contribution in [0, 0.1) is 0 Å². The van der Waals surface area contributed by atoms with E-state index in [-0.39, 0.29) is 11.8 Å². The molecule has 3 aromatic carbocycles. The van der Waals surface area contributed by atoms with Gasteiger partial charge in [0.2, 0.25) is 0 Å². The van der Waals surface area contributed by atoms with Crippen LogP contribution in [0.3, 0.4) is 0 Å². The van der Waals surface area contributed by atoms with Crippen LogP contribution in [-0.2, 0) is 13.0 Å². The van der Waals surface area contributed by atoms with Gasteiger partial charge in [-0.25, -0.2) is 0 Å². The molecule has 0 radical (unpaired) electrons. The van der Waals surface area contributed by atoms with Crippen molar-refractivity contribution < 1.29 is 9.59 Å². The Balaban J connectivity index is 1.34. The van der Waals surface area contributed by atoms with Crippen LogP contribution in [0.4, 0.5) is 5.69 Å². The monoisotopic (exact) mass is 413 g/mol. The van der Waals surface area contributed by atoms with Gasteiger partial charge in [-0.15, -0.1) is 0 Å². The average Bonchev–Trinajstić information content (AvgIpc) is 3.23. The van der Waals surface area contributed by atoms with E-state index in [1.165, 1.54) is 22.7 Å². The Morgan fingerprint density at radius 3 is 2.63 bits per heavy atom. The molecule has 148 valence electrons. The van der Waals surface area contributed by atoms with Crippen molar-refractivity contribution in [3.63, 3.8) is 0 Å². The highest BCUT2D eigenvalue weighted by molar-refractivity contribution is 7.13. The van der Waals surface area contributed by atoms with E-state index in [2.05, 4.69) is 21.8 Å². The molecule has 0 atom stereocenters. The van der Waals surface area contributed by atoms with Gasteiger partial charge in [0.25, 0.3) is 11.8 Å². The van der Waals surface area contributed by atoms with Gasteiger partial charge in [0.05, 0.1) is 4.70 Å². The number of hydrogen-bond acceptors (Lipinski definition) is 4. The van der Waals surface area contributed by atoms with Gasteiger partial charge >= 0.3 is 0 Å². The highest BCUT2D eigenvalue weighted by Gasteiger charge is 2.22. The number of nitrogens with zero attached hydrogens (tertiary/aromatic N) is 2. The first kappa shape index (κ1) is 18.5. The summed E-state index contributed by atoms with van der Waals surface area (Å²) in [6, 6.07) is 23.0. The van der Waals surface area contributed by atoms with Crippen molar-refractivity contribution in [2.75, 3.05) is 11.9 Å². The van der Waals surface area contributed by atoms with Crippen molar-refractivity contribution in [2.24, 2.45) is 0 Å². The summed E-state index contributed by atoms with van der Waals surface area (Å²) in [6.45, 7) is 1.30. The normalized spacial score (nSPS) is 13.1. The molecule has 1 aliphatic heterocycles. The summed E-state index contributed by atoms with van der Waals surface area (Å²) in [7, 11) is 0. The molecule has 5 rings (SSSR count). The molecule has 2 heterocycles. The Hall–Kier alpha value is -3.51. The fraction of sp³-hybridized carbons (Fsp3) is 0.125. The fourth-order valence-corrected chi connectivity index (χ4v) is 4.59. The van der Waals surface area contributed by atoms with Crippen molar-refractivity contribution in [3.8, 4) is 0 Å². The van der Waals surface area contributed by atoms with Crippen LogP contribution >= 0.6 is 11.5 Å². The Morgan fingerprint density at radius 2 is 1.73 bits per heavy atom. The molecule has 5 nitrogen and oxygen atoms in total. The van der Waals surface area contributed by atoms with Crippen LogP contribution in [0.5, 0.6) is 0 Å². The van der Waals surface area contributed by atoms with Crippen LogP contribution in [0.25, 0.3) is 10.1 Å². The maximum absolute atomic E-state index is 13.1. The first-order valence-electron chi connectivity index (χ1n) is 9.81. The van der Waals surface area contributed by atoms with Crippen molar-refractivity contribution in [2.45, 2.75) is 13.0 Å². The molecule has 6 heteroatoms. The number of aromatic nitrogens is 1. The minimum Gasteiger partial charge on any atom is -0.334 e. The molecule has 0 bridgehead atoms. The number of fused-ring (bicyclic) bond motifs is 2. The summed E-state index contributed by atoms with van der Waals surface area (Å²) in [6.07, 6.45) is 0.856. The van der Waals surface area contributed by atoms with Crippen LogP contribution in [0.15, 0.2) is 72.8 Å². The second-order valence-electron chi connectivity index (χ2n) is 7.31. The third-order valence-corrected chi connectivity index (χ3v) is 6.20. The number of carbonyl (C=O) groups is 2. The summed E-state index contributed by atoms with van der Waals surface area (Å²) in [5.41, 5.74) is 4.05. The Morgan fingerprint density at radius 1 is 0.933 bits per heavy atom. The molecule has 1 aromatic heterocycles. The molecule has 1 aliphatic rings. The molecule has 2 amide bonds. The summed E-state index contributed by atoms with van der Waals surface area (Å²) >= 11 is 1.30. The predicted octanol–water partition coefficient (Wildman–Crippen LogP) is 4.75. The maximum Gasteiger partial charge on any atom is 0.276 e. The van der Waals surface area contributed by atoms with E-state index in [1.54, 1.807) is 24.3 Å². The van der Waals surface area contributed by atoms with Gasteiger partial charge in [-0.2, -0.15) is 4.37 Å². The lowest BCUT2D eigenvalue weighted by molar-refractivity contribution is 0.0734. The summed E-state index contributed by atoms with van der Waals surface area (Å²) < 4.78 is 5.27. The molecule has 4 aromatic rings. The van der Waals surface area contributed by atoms with Crippen LogP contribution in [0.2, 0.25) is 0 Å². The van der Waals surface area contributed by atoms with Gasteiger partial charge in [0.15, 0.2) is 0 Å². The first-order valence-corrected chi connectivity index (χ1v) is 10.6. The van der Waals surface area contributed by atoms with E-state index in [1.807, 2.05) is 41.3 Å². The Bertz CT molecular complexity index is 1260. The van der Waals surface area contributed by atoms with Crippen LogP contribution in [0.1, 0.15) is 32.0 Å². The van der Waals surface area contributed by atoms with Crippen molar-refractivity contribution in [1.82, 2.24) is 9.27 Å². The van der Waals surface area contributed by atoms with Gasteiger partial charge < -0.3 is 10.2 Å². The maximum atomic E-state index is 13.1. The molecule has 30 heavy (non-hydrogen) atoms. The lowest BCUT2D eigenvalue weighted by Crippen LogP contribution is -2.35. The average molecular weight is 414 g/mol. The highest BCUT2D eigenvalue weighted by atomic mass is 32.1. The molecular weight excluding hydrogens is 394 g/mol. The number of nitrogens with one attached hydrogen (secondary N) is 1. The van der Waals surface area contributed by atoms with E-state index in [0.29, 0.717) is 30.0 Å². The van der Waals surface area contributed by atoms with Crippen LogP contribution < -0.4 is 5.32 Å². The zero-order valence-corrected chi connectivity index (χ0v) is 17.0. The molecule has 0 aliphatic carbocycles. The van der Waals surface area contributed by atoms with E-state index >= 15 is 0 Å². The van der Waals surface area contributed by atoms with Gasteiger partial charge in [-0.05, 0) is 53.3 Å². The number of carbonyl (C=O) groups excluding carboxylic acids is 2. The van der Waals surface area contributed by atoms with Gasteiger partial charge in [-0.3, -0.25) is 9.59 Å². The van der Waals surface area contributed by atoms with E-state index in [9.17, 15) is 9.59 Å². The standard InChI is InChI=1S/C24H19N3O2S/c28-23(22-20-10-3-4-11-21(20)30-26-22)25-19-9-5-8-17(14-19)24(29)27-13-12-16-6-1-2-7-18(16)15-27/h1-11,14H,12-13,15H2,(H,25,28). The number of rotatable bonds is 3. The highest BCUT2D eigenvalue weighted by Crippen LogP contribution is 2.24. The second-order valence-corrected chi connectivity index (χ2v) is 8.11. The third-order valence-electron chi connectivity index (χ3n) is 5.38. The zero-order valence-electron chi connectivity index (χ0n) is 16.2. The van der Waals surface area contributed by atoms with Crippen molar-refractivity contribution >= 4 is 39.1 Å². The molecule has 0 spiro atoms. The topological polar surface area (TPSA) is 62.3 Å². The Kier molecular flexibility index (Phi) is 4.77. The second kappa shape index (κ2) is 7.72. The summed E-state index contributed by atoms with van der Waals surface area (Å²) in [4.78, 5) is 27.7. The SMILES string of the molecule is O=C(Nc1cccc(C(=O)N2CCc3ccccc3C2)c1)c1nsc2ccccc12. The number of hydrogen-bond donors (Lipinski definition) is 1. The third kappa shape index (κ3) is 3.46. The van der Waals surface area contributed by atoms with E-state index in [0.717, 1.165) is 16.5 Å². The van der Waals surface area contributed by atoms with Crippen molar-refractivity contribution in [3.05, 3.63) is 95.2 Å². The summed E-state index contributed by atoms with van der Waals surface area (Å²) in [5, 5.41) is 3.72. The molecule has 0 saturated heterocycles. The van der Waals surface area contributed by atoms with Gasteiger partial charge in [-0.1, -0.05) is 48.5 Å². The lowest BCUT2D eigenvalue weighted by Gasteiger charge is -2.29. The Labute approximate surface area is 178 Å². The van der Waals surface area contributed by atoms with Gasteiger partial charge in [0.1, 0.15) is 5.69 Å². The van der Waals surface area contributed by atoms with Crippen LogP contribution in [-0.4, -0.2) is 27.6 Å². The molecule has 1 N–H and O–H groups in total. The quantitative estimate of drug-likeness (QED) is 0.527. The zero-order chi connectivity index (χ0) is 20.5. The molecule has 0 fully saturated rings. The molecule has 0 unspecified atom stereocenters. The number of amides is 2. The summed E-state index contributed by atoms with van der Waals surface area (Å²) in [5.74, 6) is -0.302. The predicted molar refractivity (Wildman–Crippen MR) is 119 cm³/mol. The van der Waals surface area contributed by atoms with Gasteiger partial charge in [0, 0.05) is 29.7 Å². The minimum atomic E-state index is -0.274. The molecular formula is C24H19N3O2S. The number of anilines is 1. The number of benzene rings is 3. The van der Waals surface area contributed by atoms with E-state index in [4.69, 9.17) is 0 Å². The van der Waals surface area contributed by atoms with E-state index < -0.39 is 0 Å². The lowest BCUT2D eigenvalue weighted by atomic mass is 9.99. The molecule has 0 saturated carbocycles. The largest absolute Gasteiger partial charge is 0.334 e. The smallest absolute Gasteiger partial charge is 0.276 e.